The topological polar surface area (TPSA) is 28.2 Å². The first kappa shape index (κ1) is 10.1. The molecule has 0 radical (unpaired) electrons. The van der Waals surface area contributed by atoms with Gasteiger partial charge in [-0.3, -0.25) is 0 Å². The Morgan fingerprint density at radius 2 is 1.88 bits per heavy atom. The van der Waals surface area contributed by atoms with Crippen LogP contribution in [-0.4, -0.2) is 11.1 Å². The minimum atomic E-state index is 0.237. The molecule has 1 N–H and O–H groups in total. The van der Waals surface area contributed by atoms with Crippen molar-refractivity contribution in [1.29, 1.82) is 0 Å². The predicted molar refractivity (Wildman–Crippen MR) is 70.6 cm³/mol. The lowest BCUT2D eigenvalue weighted by Crippen LogP contribution is -2.28. The number of para-hydroxylation sites is 1. The smallest absolute Gasteiger partial charge is 0.151 e. The molecule has 1 aliphatic rings. The van der Waals surface area contributed by atoms with Crippen LogP contribution in [0.2, 0.25) is 0 Å². The number of benzene rings is 1. The molecule has 1 aliphatic heterocycles. The van der Waals surface area contributed by atoms with Crippen molar-refractivity contribution in [3.05, 3.63) is 48.2 Å². The van der Waals surface area contributed by atoms with Gasteiger partial charge < -0.3 is 10.2 Å². The number of anilines is 3. The maximum absolute atomic E-state index is 4.36. The van der Waals surface area contributed by atoms with Gasteiger partial charge >= 0.3 is 0 Å². The first-order chi connectivity index (χ1) is 8.27. The molecule has 3 rings (SSSR count). The van der Waals surface area contributed by atoms with Gasteiger partial charge in [-0.15, -0.1) is 0 Å². The summed E-state index contributed by atoms with van der Waals surface area (Å²) in [7, 11) is 0. The fraction of sp³-hybridized carbons (Fsp3) is 0.214. The highest BCUT2D eigenvalue weighted by atomic mass is 15.3. The number of fused-ring (bicyclic) bond motifs is 1. The Kier molecular flexibility index (Phi) is 2.25. The molecule has 1 atom stereocenters. The fourth-order valence-electron chi connectivity index (χ4n) is 2.35. The number of hydrogen-bond acceptors (Lipinski definition) is 3. The van der Waals surface area contributed by atoms with Crippen LogP contribution in [0.4, 0.5) is 17.2 Å². The summed E-state index contributed by atoms with van der Waals surface area (Å²) in [5.41, 5.74) is 3.66. The summed E-state index contributed by atoms with van der Waals surface area (Å²) < 4.78 is 0. The molecular formula is C14H15N3. The minimum absolute atomic E-state index is 0.237. The molecule has 86 valence electrons. The quantitative estimate of drug-likeness (QED) is 0.807. The number of hydrogen-bond donors (Lipinski definition) is 1. The second kappa shape index (κ2) is 3.77. The average Bonchev–Trinajstić information content (AvgIpc) is 2.66. The molecule has 2 heterocycles. The Labute approximate surface area is 101 Å². The molecule has 2 aromatic rings. The highest BCUT2D eigenvalue weighted by Crippen LogP contribution is 2.39. The maximum atomic E-state index is 4.36. The lowest BCUT2D eigenvalue weighted by molar-refractivity contribution is 0.838. The summed E-state index contributed by atoms with van der Waals surface area (Å²) in [6.07, 6.45) is 2.06. The summed E-state index contributed by atoms with van der Waals surface area (Å²) >= 11 is 0. The minimum Gasteiger partial charge on any atom is -0.348 e. The normalized spacial score (nSPS) is 17.8. The zero-order chi connectivity index (χ0) is 11.8. The van der Waals surface area contributed by atoms with Crippen molar-refractivity contribution in [2.24, 2.45) is 0 Å². The van der Waals surface area contributed by atoms with Crippen molar-refractivity contribution in [3.63, 3.8) is 0 Å². The van der Waals surface area contributed by atoms with Crippen LogP contribution in [0.1, 0.15) is 12.5 Å². The van der Waals surface area contributed by atoms with Gasteiger partial charge in [-0.25, -0.2) is 4.98 Å². The number of nitrogens with zero attached hydrogens (tertiary/aromatic N) is 2. The largest absolute Gasteiger partial charge is 0.348 e. The third-order valence-electron chi connectivity index (χ3n) is 3.15. The van der Waals surface area contributed by atoms with E-state index in [4.69, 9.17) is 0 Å². The maximum Gasteiger partial charge on any atom is 0.151 e. The van der Waals surface area contributed by atoms with Gasteiger partial charge in [0.05, 0.1) is 5.69 Å². The van der Waals surface area contributed by atoms with Crippen molar-refractivity contribution in [3.8, 4) is 0 Å². The van der Waals surface area contributed by atoms with Crippen LogP contribution < -0.4 is 10.2 Å². The number of aryl methyl sites for hydroxylation is 1. The van der Waals surface area contributed by atoms with Gasteiger partial charge in [0, 0.05) is 11.9 Å². The third kappa shape index (κ3) is 1.55. The average molecular weight is 225 g/mol. The summed E-state index contributed by atoms with van der Waals surface area (Å²) in [5.74, 6) is 0.961. The van der Waals surface area contributed by atoms with E-state index in [9.17, 15) is 0 Å². The second-order valence-corrected chi connectivity index (χ2v) is 4.35. The summed E-state index contributed by atoms with van der Waals surface area (Å²) in [6, 6.07) is 12.5. The molecule has 0 saturated heterocycles. The molecule has 1 unspecified atom stereocenters. The van der Waals surface area contributed by atoms with Crippen molar-refractivity contribution in [2.45, 2.75) is 20.0 Å². The SMILES string of the molecule is Cc1ccccc1N1c2cccnc2NC1C. The van der Waals surface area contributed by atoms with Gasteiger partial charge in [0.1, 0.15) is 6.17 Å². The van der Waals surface area contributed by atoms with Crippen molar-refractivity contribution in [1.82, 2.24) is 4.98 Å². The van der Waals surface area contributed by atoms with Gasteiger partial charge in [0.25, 0.3) is 0 Å². The van der Waals surface area contributed by atoms with Crippen LogP contribution >= 0.6 is 0 Å². The van der Waals surface area contributed by atoms with Crippen LogP contribution in [-0.2, 0) is 0 Å². The summed E-state index contributed by atoms with van der Waals surface area (Å²) in [5, 5.41) is 3.39. The van der Waals surface area contributed by atoms with Gasteiger partial charge in [-0.2, -0.15) is 0 Å². The third-order valence-corrected chi connectivity index (χ3v) is 3.15. The zero-order valence-electron chi connectivity index (χ0n) is 10.0. The van der Waals surface area contributed by atoms with Crippen LogP contribution in [0.5, 0.6) is 0 Å². The van der Waals surface area contributed by atoms with Gasteiger partial charge in [0.2, 0.25) is 0 Å². The Morgan fingerprint density at radius 3 is 2.71 bits per heavy atom. The van der Waals surface area contributed by atoms with Crippen molar-refractivity contribution in [2.75, 3.05) is 10.2 Å². The highest BCUT2D eigenvalue weighted by molar-refractivity contribution is 5.80. The molecule has 0 amide bonds. The number of pyridine rings is 1. The zero-order valence-corrected chi connectivity index (χ0v) is 10.0. The standard InChI is InChI=1S/C14H15N3/c1-10-6-3-4-7-12(10)17-11(2)16-14-13(17)8-5-9-15-14/h3-9,11H,1-2H3,(H,15,16). The van der Waals surface area contributed by atoms with Gasteiger partial charge in [-0.05, 0) is 37.6 Å². The van der Waals surface area contributed by atoms with Crippen LogP contribution in [0, 0.1) is 6.92 Å². The molecule has 0 spiro atoms. The molecular weight excluding hydrogens is 210 g/mol. The first-order valence-electron chi connectivity index (χ1n) is 5.84. The van der Waals surface area contributed by atoms with E-state index in [0.29, 0.717) is 0 Å². The predicted octanol–water partition coefficient (Wildman–Crippen LogP) is 3.30. The van der Waals surface area contributed by atoms with E-state index in [0.717, 1.165) is 11.5 Å². The molecule has 3 nitrogen and oxygen atoms in total. The molecule has 0 bridgehead atoms. The Bertz CT molecular complexity index is 551. The van der Waals surface area contributed by atoms with Gasteiger partial charge in [-0.1, -0.05) is 18.2 Å². The summed E-state index contributed by atoms with van der Waals surface area (Å²) in [6.45, 7) is 4.28. The van der Waals surface area contributed by atoms with Crippen molar-refractivity contribution >= 4 is 17.2 Å². The molecule has 1 aromatic heterocycles. The van der Waals surface area contributed by atoms with Gasteiger partial charge in [0.15, 0.2) is 5.82 Å². The summed E-state index contributed by atoms with van der Waals surface area (Å²) in [4.78, 5) is 6.65. The Morgan fingerprint density at radius 1 is 1.12 bits per heavy atom. The molecule has 3 heteroatoms. The van der Waals surface area contributed by atoms with E-state index in [1.807, 2.05) is 12.3 Å². The van der Waals surface area contributed by atoms with E-state index in [-0.39, 0.29) is 6.17 Å². The van der Waals surface area contributed by atoms with Crippen molar-refractivity contribution < 1.29 is 0 Å². The Balaban J connectivity index is 2.13. The monoisotopic (exact) mass is 225 g/mol. The van der Waals surface area contributed by atoms with Crippen LogP contribution in [0.25, 0.3) is 0 Å². The molecule has 0 fully saturated rings. The lowest BCUT2D eigenvalue weighted by Gasteiger charge is -2.25. The number of aromatic nitrogens is 1. The van der Waals surface area contributed by atoms with Crippen LogP contribution in [0.15, 0.2) is 42.6 Å². The van der Waals surface area contributed by atoms with E-state index in [2.05, 4.69) is 59.4 Å². The molecule has 0 saturated carbocycles. The second-order valence-electron chi connectivity index (χ2n) is 4.35. The van der Waals surface area contributed by atoms with E-state index in [1.54, 1.807) is 0 Å². The Hall–Kier alpha value is -2.03. The van der Waals surface area contributed by atoms with E-state index >= 15 is 0 Å². The molecule has 0 aliphatic carbocycles. The first-order valence-corrected chi connectivity index (χ1v) is 5.84. The number of nitrogens with one attached hydrogen (secondary N) is 1. The van der Waals surface area contributed by atoms with Crippen LogP contribution in [0.3, 0.4) is 0 Å². The number of rotatable bonds is 1. The van der Waals surface area contributed by atoms with E-state index in [1.165, 1.54) is 11.3 Å². The fourth-order valence-corrected chi connectivity index (χ4v) is 2.35. The van der Waals surface area contributed by atoms with E-state index < -0.39 is 0 Å². The lowest BCUT2D eigenvalue weighted by atomic mass is 10.1. The molecule has 1 aromatic carbocycles. The molecule has 17 heavy (non-hydrogen) atoms. The highest BCUT2D eigenvalue weighted by Gasteiger charge is 2.27.